The van der Waals surface area contributed by atoms with E-state index in [1.165, 1.54) is 0 Å². The molecule has 0 fully saturated rings. The summed E-state index contributed by atoms with van der Waals surface area (Å²) in [5, 5.41) is 0. The second-order valence-electron chi connectivity index (χ2n) is 3.20. The van der Waals surface area contributed by atoms with Crippen molar-refractivity contribution in [3.05, 3.63) is 34.9 Å². The molecule has 0 heterocycles. The number of rotatable bonds is 2. The summed E-state index contributed by atoms with van der Waals surface area (Å²) in [4.78, 5) is 10.2. The quantitative estimate of drug-likeness (QED) is 0.585. The molecule has 17 heavy (non-hydrogen) atoms. The van der Waals surface area contributed by atoms with Crippen LogP contribution in [0.1, 0.15) is 16.7 Å². The van der Waals surface area contributed by atoms with E-state index in [0.717, 1.165) is 0 Å². The highest BCUT2D eigenvalue weighted by atomic mass is 19.4. The minimum atomic E-state index is -4.92. The molecular formula is C10H6F6O. The van der Waals surface area contributed by atoms with Crippen molar-refractivity contribution < 1.29 is 31.1 Å². The minimum absolute atomic E-state index is 0.0137. The summed E-state index contributed by atoms with van der Waals surface area (Å²) >= 11 is 0. The normalized spacial score (nSPS) is 12.6. The van der Waals surface area contributed by atoms with Gasteiger partial charge in [-0.25, -0.2) is 0 Å². The van der Waals surface area contributed by atoms with E-state index in [0.29, 0.717) is 18.2 Å². The fraction of sp³-hybridized carbons (Fsp3) is 0.300. The molecule has 0 unspecified atom stereocenters. The lowest BCUT2D eigenvalue weighted by molar-refractivity contribution is -0.144. The van der Waals surface area contributed by atoms with Gasteiger partial charge in [-0.3, -0.25) is 0 Å². The molecule has 0 aliphatic carbocycles. The Balaban J connectivity index is 3.48. The lowest BCUT2D eigenvalue weighted by Gasteiger charge is -2.16. The van der Waals surface area contributed by atoms with Gasteiger partial charge in [0.15, 0.2) is 0 Å². The van der Waals surface area contributed by atoms with E-state index in [1.807, 2.05) is 0 Å². The number of hydrogen-bond donors (Lipinski definition) is 0. The van der Waals surface area contributed by atoms with Crippen molar-refractivity contribution >= 4 is 6.29 Å². The van der Waals surface area contributed by atoms with E-state index in [4.69, 9.17) is 0 Å². The summed E-state index contributed by atoms with van der Waals surface area (Å²) in [5.41, 5.74) is -3.90. The minimum Gasteiger partial charge on any atom is -0.303 e. The number of alkyl halides is 6. The van der Waals surface area contributed by atoms with Gasteiger partial charge in [0.2, 0.25) is 0 Å². The fourth-order valence-corrected chi connectivity index (χ4v) is 1.42. The Bertz CT molecular complexity index is 386. The van der Waals surface area contributed by atoms with E-state index >= 15 is 0 Å². The Morgan fingerprint density at radius 1 is 0.941 bits per heavy atom. The number of benzene rings is 1. The second-order valence-corrected chi connectivity index (χ2v) is 3.20. The van der Waals surface area contributed by atoms with Crippen LogP contribution in [0.4, 0.5) is 26.3 Å². The number of carbonyl (C=O) groups is 1. The third-order valence-corrected chi connectivity index (χ3v) is 2.07. The second kappa shape index (κ2) is 4.38. The van der Waals surface area contributed by atoms with Crippen LogP contribution in [-0.4, -0.2) is 6.29 Å². The third kappa shape index (κ3) is 2.98. The van der Waals surface area contributed by atoms with Crippen molar-refractivity contribution in [2.45, 2.75) is 18.8 Å². The van der Waals surface area contributed by atoms with Crippen LogP contribution in [-0.2, 0) is 23.6 Å². The molecule has 0 saturated heterocycles. The monoisotopic (exact) mass is 256 g/mol. The lowest BCUT2D eigenvalue weighted by Crippen LogP contribution is -2.16. The van der Waals surface area contributed by atoms with Crippen molar-refractivity contribution in [1.29, 1.82) is 0 Å². The Morgan fingerprint density at radius 2 is 1.35 bits per heavy atom. The molecule has 1 nitrogen and oxygen atoms in total. The highest BCUT2D eigenvalue weighted by Crippen LogP contribution is 2.39. The third-order valence-electron chi connectivity index (χ3n) is 2.07. The Hall–Kier alpha value is -1.53. The fourth-order valence-electron chi connectivity index (χ4n) is 1.42. The van der Waals surface area contributed by atoms with Gasteiger partial charge in [-0.2, -0.15) is 26.3 Å². The van der Waals surface area contributed by atoms with Crippen LogP contribution in [0.2, 0.25) is 0 Å². The van der Waals surface area contributed by atoms with Crippen LogP contribution >= 0.6 is 0 Å². The van der Waals surface area contributed by atoms with Crippen molar-refractivity contribution in [3.63, 3.8) is 0 Å². The Kier molecular flexibility index (Phi) is 3.49. The van der Waals surface area contributed by atoms with Gasteiger partial charge in [0.05, 0.1) is 11.1 Å². The van der Waals surface area contributed by atoms with Crippen LogP contribution in [0.5, 0.6) is 0 Å². The van der Waals surface area contributed by atoms with E-state index in [2.05, 4.69) is 0 Å². The van der Waals surface area contributed by atoms with Crippen LogP contribution < -0.4 is 0 Å². The summed E-state index contributed by atoms with van der Waals surface area (Å²) in [6.45, 7) is 0. The van der Waals surface area contributed by atoms with Crippen molar-refractivity contribution in [3.8, 4) is 0 Å². The zero-order valence-corrected chi connectivity index (χ0v) is 8.19. The van der Waals surface area contributed by atoms with Gasteiger partial charge in [0, 0.05) is 6.42 Å². The molecule has 0 bridgehead atoms. The van der Waals surface area contributed by atoms with Crippen molar-refractivity contribution in [2.24, 2.45) is 0 Å². The van der Waals surface area contributed by atoms with E-state index in [-0.39, 0.29) is 6.29 Å². The van der Waals surface area contributed by atoms with Gasteiger partial charge >= 0.3 is 12.4 Å². The maximum Gasteiger partial charge on any atom is 0.416 e. The average Bonchev–Trinajstić information content (AvgIpc) is 2.15. The molecule has 0 aromatic heterocycles. The molecule has 1 aromatic rings. The summed E-state index contributed by atoms with van der Waals surface area (Å²) < 4.78 is 74.7. The smallest absolute Gasteiger partial charge is 0.303 e. The van der Waals surface area contributed by atoms with Crippen LogP contribution in [0.25, 0.3) is 0 Å². The van der Waals surface area contributed by atoms with E-state index in [9.17, 15) is 31.1 Å². The number of hydrogen-bond acceptors (Lipinski definition) is 1. The molecule has 1 aromatic carbocycles. The van der Waals surface area contributed by atoms with Crippen LogP contribution in [0, 0.1) is 0 Å². The van der Waals surface area contributed by atoms with Gasteiger partial charge < -0.3 is 4.79 Å². The van der Waals surface area contributed by atoms with Gasteiger partial charge in [-0.15, -0.1) is 0 Å². The van der Waals surface area contributed by atoms with Crippen LogP contribution in [0.3, 0.4) is 0 Å². The zero-order valence-electron chi connectivity index (χ0n) is 8.19. The molecule has 0 aliphatic heterocycles. The maximum absolute atomic E-state index is 12.5. The lowest BCUT2D eigenvalue weighted by atomic mass is 9.98. The Morgan fingerprint density at radius 3 is 1.65 bits per heavy atom. The highest BCUT2D eigenvalue weighted by molar-refractivity contribution is 5.58. The summed E-state index contributed by atoms with van der Waals surface area (Å²) in [7, 11) is 0. The average molecular weight is 256 g/mol. The van der Waals surface area contributed by atoms with Crippen molar-refractivity contribution in [2.75, 3.05) is 0 Å². The molecule has 7 heteroatoms. The van der Waals surface area contributed by atoms with Gasteiger partial charge in [0.25, 0.3) is 0 Å². The Labute approximate surface area is 92.0 Å². The topological polar surface area (TPSA) is 17.1 Å². The van der Waals surface area contributed by atoms with E-state index in [1.54, 1.807) is 0 Å². The largest absolute Gasteiger partial charge is 0.416 e. The predicted molar refractivity (Wildman–Crippen MR) is 46.2 cm³/mol. The molecule has 0 aliphatic rings. The number of halogens is 6. The van der Waals surface area contributed by atoms with Crippen LogP contribution in [0.15, 0.2) is 18.2 Å². The standard InChI is InChI=1S/C10H6F6O/c11-9(12,13)7-2-1-3-8(10(14,15)16)6(7)4-5-17/h1-3,5H,4H2. The predicted octanol–water partition coefficient (Wildman–Crippen LogP) is 3.47. The molecule has 0 atom stereocenters. The van der Waals surface area contributed by atoms with Crippen molar-refractivity contribution in [1.82, 2.24) is 0 Å². The maximum atomic E-state index is 12.5. The molecular weight excluding hydrogens is 250 g/mol. The highest BCUT2D eigenvalue weighted by Gasteiger charge is 2.40. The zero-order chi connectivity index (χ0) is 13.3. The molecule has 0 amide bonds. The molecule has 0 saturated carbocycles. The summed E-state index contributed by atoms with van der Waals surface area (Å²) in [6.07, 6.45) is -10.7. The van der Waals surface area contributed by atoms with Gasteiger partial charge in [-0.05, 0) is 17.7 Å². The molecule has 1 rings (SSSR count). The molecule has 0 radical (unpaired) electrons. The first-order valence-corrected chi connectivity index (χ1v) is 4.38. The first-order chi connectivity index (χ1) is 7.68. The van der Waals surface area contributed by atoms with E-state index < -0.39 is 35.5 Å². The number of carbonyl (C=O) groups excluding carboxylic acids is 1. The van der Waals surface area contributed by atoms with Gasteiger partial charge in [0.1, 0.15) is 6.29 Å². The number of aldehydes is 1. The SMILES string of the molecule is O=CCc1c(C(F)(F)F)cccc1C(F)(F)F. The first-order valence-electron chi connectivity index (χ1n) is 4.38. The summed E-state index contributed by atoms with van der Waals surface area (Å²) in [6, 6.07) is 1.71. The summed E-state index contributed by atoms with van der Waals surface area (Å²) in [5.74, 6) is 0. The molecule has 0 spiro atoms. The van der Waals surface area contributed by atoms with Gasteiger partial charge in [-0.1, -0.05) is 6.07 Å². The first kappa shape index (κ1) is 13.5. The molecule has 0 N–H and O–H groups in total. The molecule has 94 valence electrons.